The quantitative estimate of drug-likeness (QED) is 0.361. The normalized spacial score (nSPS) is 11.2. The van der Waals surface area contributed by atoms with Crippen LogP contribution < -0.4 is 10.0 Å². The largest absolute Gasteiger partial charge is 0.298 e. The average Bonchev–Trinajstić information content (AvgIpc) is 3.22. The van der Waals surface area contributed by atoms with Crippen molar-refractivity contribution in [1.29, 1.82) is 0 Å². The Kier molecular flexibility index (Phi) is 6.27. The van der Waals surface area contributed by atoms with E-state index in [9.17, 15) is 13.2 Å². The van der Waals surface area contributed by atoms with E-state index < -0.39 is 10.0 Å². The van der Waals surface area contributed by atoms with E-state index in [-0.39, 0.29) is 10.8 Å². The first-order valence-electron chi connectivity index (χ1n) is 9.53. The summed E-state index contributed by atoms with van der Waals surface area (Å²) in [7, 11) is -3.82. The van der Waals surface area contributed by atoms with Crippen molar-refractivity contribution < 1.29 is 13.2 Å². The van der Waals surface area contributed by atoms with Gasteiger partial charge in [0.15, 0.2) is 5.13 Å². The van der Waals surface area contributed by atoms with Crippen LogP contribution in [0.15, 0.2) is 83.1 Å². The summed E-state index contributed by atoms with van der Waals surface area (Å²) in [4.78, 5) is 17.1. The molecule has 6 nitrogen and oxygen atoms in total. The summed E-state index contributed by atoms with van der Waals surface area (Å²) in [6.45, 7) is 1.92. The van der Waals surface area contributed by atoms with Gasteiger partial charge in [0, 0.05) is 21.5 Å². The number of nitrogens with zero attached hydrogens (tertiary/aromatic N) is 1. The van der Waals surface area contributed by atoms with E-state index in [4.69, 9.17) is 11.6 Å². The molecule has 1 amide bonds. The highest BCUT2D eigenvalue weighted by atomic mass is 35.5. The number of para-hydroxylation sites is 1. The average molecular weight is 484 g/mol. The Hall–Kier alpha value is -3.20. The number of nitrogens with one attached hydrogen (secondary N) is 2. The molecule has 0 spiro atoms. The van der Waals surface area contributed by atoms with Gasteiger partial charge >= 0.3 is 0 Å². The fraction of sp³-hybridized carbons (Fsp3) is 0.0435. The number of benzene rings is 3. The zero-order chi connectivity index (χ0) is 22.7. The minimum absolute atomic E-state index is 0.0982. The third-order valence-electron chi connectivity index (χ3n) is 4.58. The van der Waals surface area contributed by atoms with Crippen molar-refractivity contribution in [2.45, 2.75) is 11.8 Å². The van der Waals surface area contributed by atoms with Crippen molar-refractivity contribution in [3.63, 3.8) is 0 Å². The lowest BCUT2D eigenvalue weighted by molar-refractivity contribution is 0.102. The van der Waals surface area contributed by atoms with Gasteiger partial charge in [-0.05, 0) is 49.4 Å². The summed E-state index contributed by atoms with van der Waals surface area (Å²) in [5, 5.41) is 5.43. The maximum absolute atomic E-state index is 12.8. The number of thiazole rings is 1. The minimum Gasteiger partial charge on any atom is -0.298 e. The molecule has 1 heterocycles. The monoisotopic (exact) mass is 483 g/mol. The van der Waals surface area contributed by atoms with E-state index in [0.29, 0.717) is 32.7 Å². The van der Waals surface area contributed by atoms with Crippen LogP contribution in [0.5, 0.6) is 0 Å². The van der Waals surface area contributed by atoms with Crippen molar-refractivity contribution in [2.24, 2.45) is 0 Å². The first kappa shape index (κ1) is 22.0. The predicted octanol–water partition coefficient (Wildman–Crippen LogP) is 5.83. The molecule has 3 aromatic carbocycles. The van der Waals surface area contributed by atoms with Crippen LogP contribution in [0, 0.1) is 6.92 Å². The number of sulfonamides is 1. The third-order valence-corrected chi connectivity index (χ3v) is 6.97. The fourth-order valence-corrected chi connectivity index (χ4v) is 4.93. The predicted molar refractivity (Wildman–Crippen MR) is 129 cm³/mol. The van der Waals surface area contributed by atoms with E-state index in [1.807, 2.05) is 19.1 Å². The summed E-state index contributed by atoms with van der Waals surface area (Å²) >= 11 is 7.12. The second-order valence-electron chi connectivity index (χ2n) is 6.97. The lowest BCUT2D eigenvalue weighted by Crippen LogP contribution is -2.13. The molecule has 4 rings (SSSR count). The standard InChI is InChI=1S/C23H18ClN3O3S2/c1-15-5-4-6-16(13-15)22(28)26-23-25-21(14-31-23)19-7-2-3-8-20(19)27-32(29,30)18-11-9-17(24)10-12-18/h2-14,27H,1H3,(H,25,26,28). The molecule has 32 heavy (non-hydrogen) atoms. The molecule has 0 bridgehead atoms. The molecule has 0 aliphatic rings. The molecule has 9 heteroatoms. The Bertz CT molecular complexity index is 1380. The number of halogens is 1. The molecule has 4 aromatic rings. The van der Waals surface area contributed by atoms with Crippen LogP contribution in [0.1, 0.15) is 15.9 Å². The smallest absolute Gasteiger partial charge is 0.261 e. The molecule has 0 saturated heterocycles. The van der Waals surface area contributed by atoms with Crippen LogP contribution in [-0.2, 0) is 10.0 Å². The molecule has 0 atom stereocenters. The Morgan fingerprint density at radius 3 is 2.50 bits per heavy atom. The fourth-order valence-electron chi connectivity index (χ4n) is 3.02. The Labute approximate surface area is 195 Å². The number of aromatic nitrogens is 1. The van der Waals surface area contributed by atoms with E-state index in [2.05, 4.69) is 15.0 Å². The Morgan fingerprint density at radius 1 is 1.00 bits per heavy atom. The summed E-state index contributed by atoms with van der Waals surface area (Å²) < 4.78 is 28.2. The summed E-state index contributed by atoms with van der Waals surface area (Å²) in [5.74, 6) is -0.258. The number of hydrogen-bond acceptors (Lipinski definition) is 5. The highest BCUT2D eigenvalue weighted by Crippen LogP contribution is 2.32. The van der Waals surface area contributed by atoms with E-state index in [0.717, 1.165) is 5.56 Å². The molecule has 162 valence electrons. The van der Waals surface area contributed by atoms with Crippen molar-refractivity contribution >= 4 is 49.7 Å². The Morgan fingerprint density at radius 2 is 1.75 bits per heavy atom. The lowest BCUT2D eigenvalue weighted by atomic mass is 10.1. The topological polar surface area (TPSA) is 88.2 Å². The van der Waals surface area contributed by atoms with Gasteiger partial charge in [0.2, 0.25) is 0 Å². The number of amides is 1. The number of anilines is 2. The van der Waals surface area contributed by atoms with Gasteiger partial charge in [0.1, 0.15) is 0 Å². The van der Waals surface area contributed by atoms with Crippen molar-refractivity contribution in [3.05, 3.63) is 94.3 Å². The molecular formula is C23H18ClN3O3S2. The van der Waals surface area contributed by atoms with Gasteiger partial charge in [-0.15, -0.1) is 11.3 Å². The van der Waals surface area contributed by atoms with Crippen LogP contribution in [0.2, 0.25) is 5.02 Å². The summed E-state index contributed by atoms with van der Waals surface area (Å²) in [6, 6.07) is 20.1. The summed E-state index contributed by atoms with van der Waals surface area (Å²) in [5.41, 5.74) is 3.04. The van der Waals surface area contributed by atoms with E-state index in [1.54, 1.807) is 41.8 Å². The van der Waals surface area contributed by atoms with Gasteiger partial charge in [-0.1, -0.05) is 47.5 Å². The minimum atomic E-state index is -3.82. The lowest BCUT2D eigenvalue weighted by Gasteiger charge is -2.11. The molecule has 0 radical (unpaired) electrons. The van der Waals surface area contributed by atoms with E-state index in [1.165, 1.54) is 35.6 Å². The SMILES string of the molecule is Cc1cccc(C(=O)Nc2nc(-c3ccccc3NS(=O)(=O)c3ccc(Cl)cc3)cs2)c1. The first-order valence-corrected chi connectivity index (χ1v) is 12.3. The van der Waals surface area contributed by atoms with Crippen LogP contribution in [-0.4, -0.2) is 19.3 Å². The van der Waals surface area contributed by atoms with Gasteiger partial charge in [0.25, 0.3) is 15.9 Å². The number of carbonyl (C=O) groups excluding carboxylic acids is 1. The maximum atomic E-state index is 12.8. The number of hydrogen-bond donors (Lipinski definition) is 2. The molecular weight excluding hydrogens is 466 g/mol. The van der Waals surface area contributed by atoms with Crippen LogP contribution in [0.25, 0.3) is 11.3 Å². The molecule has 0 saturated carbocycles. The zero-order valence-corrected chi connectivity index (χ0v) is 19.3. The molecule has 0 aliphatic heterocycles. The molecule has 0 aliphatic carbocycles. The van der Waals surface area contributed by atoms with Gasteiger partial charge in [-0.3, -0.25) is 14.8 Å². The Balaban J connectivity index is 1.57. The van der Waals surface area contributed by atoms with Crippen LogP contribution in [0.4, 0.5) is 10.8 Å². The molecule has 1 aromatic heterocycles. The third kappa shape index (κ3) is 4.99. The molecule has 0 unspecified atom stereocenters. The van der Waals surface area contributed by atoms with Crippen molar-refractivity contribution in [1.82, 2.24) is 4.98 Å². The first-order chi connectivity index (χ1) is 15.3. The van der Waals surface area contributed by atoms with Crippen molar-refractivity contribution in [3.8, 4) is 11.3 Å². The summed E-state index contributed by atoms with van der Waals surface area (Å²) in [6.07, 6.45) is 0. The molecule has 2 N–H and O–H groups in total. The molecule has 0 fully saturated rings. The van der Waals surface area contributed by atoms with Gasteiger partial charge in [-0.2, -0.15) is 0 Å². The number of rotatable bonds is 6. The van der Waals surface area contributed by atoms with Crippen LogP contribution in [0.3, 0.4) is 0 Å². The number of aryl methyl sites for hydroxylation is 1. The van der Waals surface area contributed by atoms with E-state index >= 15 is 0 Å². The van der Waals surface area contributed by atoms with Crippen LogP contribution >= 0.6 is 22.9 Å². The van der Waals surface area contributed by atoms with Gasteiger partial charge in [-0.25, -0.2) is 13.4 Å². The highest BCUT2D eigenvalue weighted by Gasteiger charge is 2.18. The van der Waals surface area contributed by atoms with Crippen molar-refractivity contribution in [2.75, 3.05) is 10.0 Å². The highest BCUT2D eigenvalue weighted by molar-refractivity contribution is 7.92. The van der Waals surface area contributed by atoms with Gasteiger partial charge in [0.05, 0.1) is 16.3 Å². The maximum Gasteiger partial charge on any atom is 0.261 e. The number of carbonyl (C=O) groups is 1. The second kappa shape index (κ2) is 9.12. The zero-order valence-electron chi connectivity index (χ0n) is 16.9. The second-order valence-corrected chi connectivity index (χ2v) is 9.94. The van der Waals surface area contributed by atoms with Gasteiger partial charge < -0.3 is 0 Å².